The van der Waals surface area contributed by atoms with Gasteiger partial charge in [0, 0.05) is 44.2 Å². The third-order valence-electron chi connectivity index (χ3n) is 8.74. The molecule has 0 saturated carbocycles. The molecular formula is C38H41N9O8S2. The number of aromatic nitrogens is 5. The number of benzene rings is 2. The molecule has 298 valence electrons. The average Bonchev–Trinajstić information content (AvgIpc) is 3.95. The fourth-order valence-electron chi connectivity index (χ4n) is 6.15. The summed E-state index contributed by atoms with van der Waals surface area (Å²) in [6.45, 7) is 7.59. The van der Waals surface area contributed by atoms with Crippen molar-refractivity contribution < 1.29 is 38.2 Å². The second kappa shape index (κ2) is 17.3. The van der Waals surface area contributed by atoms with Crippen molar-refractivity contribution in [3.63, 3.8) is 0 Å². The number of primary amides is 2. The topological polar surface area (TPSA) is 245 Å². The number of nitrogens with two attached hydrogens (primary N) is 2. The lowest BCUT2D eigenvalue weighted by Crippen LogP contribution is -2.18. The van der Waals surface area contributed by atoms with E-state index in [0.29, 0.717) is 73.2 Å². The highest BCUT2D eigenvalue weighted by Gasteiger charge is 2.24. The van der Waals surface area contributed by atoms with Crippen LogP contribution in [0.1, 0.15) is 83.5 Å². The number of aliphatic hydroxyl groups is 1. The number of methoxy groups -OCH3 is 1. The van der Waals surface area contributed by atoms with Crippen molar-refractivity contribution in [1.82, 2.24) is 24.1 Å². The molecule has 0 fully saturated rings. The number of nitrogens with one attached hydrogen (secondary N) is 1. The zero-order valence-electron chi connectivity index (χ0n) is 31.9. The van der Waals surface area contributed by atoms with E-state index in [0.717, 1.165) is 5.01 Å². The number of imidazole rings is 1. The normalized spacial score (nSPS) is 11.9. The number of thiazole rings is 2. The number of hydrogen-bond acceptors (Lipinski definition) is 13. The number of nitrogens with zero attached hydrogens (tertiary/aromatic N) is 6. The number of hydrogen-bond donors (Lipinski definition) is 4. The standard InChI is InChI=1S/C38H41N9O8S2/c1-6-23-31(55-19(3)41-23)35(51)44-37-43-25-15-21(33(39)49)17-27(54-14-10-13-48)29(25)46(37)11-8-9-12-47-30-26(53-5)16-22(34(40)50)18-28(30)57-38(47)45-36(52)32-24(7-2)42-20(4)56-32/h8-9,15-18,48H,6-7,10-14H2,1-5H3,(H2,39,49)(H2,40,50)(H,43,44,51)/b9-8+,45-38-. The van der Waals surface area contributed by atoms with Gasteiger partial charge < -0.3 is 39.6 Å². The predicted octanol–water partition coefficient (Wildman–Crippen LogP) is 4.46. The number of fused-ring (bicyclic) bond motifs is 2. The molecule has 0 aliphatic rings. The Balaban J connectivity index is 1.44. The molecule has 4 aromatic heterocycles. The Morgan fingerprint density at radius 3 is 2.26 bits per heavy atom. The summed E-state index contributed by atoms with van der Waals surface area (Å²) in [6, 6.07) is 6.16. The van der Waals surface area contributed by atoms with E-state index in [9.17, 15) is 24.3 Å². The van der Waals surface area contributed by atoms with Crippen molar-refractivity contribution >= 4 is 73.5 Å². The smallest absolute Gasteiger partial charge is 0.295 e. The second-order valence-corrected chi connectivity index (χ2v) is 14.8. The first-order chi connectivity index (χ1) is 27.4. The van der Waals surface area contributed by atoms with Gasteiger partial charge in [-0.1, -0.05) is 37.3 Å². The van der Waals surface area contributed by atoms with Crippen molar-refractivity contribution in [2.24, 2.45) is 16.5 Å². The van der Waals surface area contributed by atoms with Crippen LogP contribution in [0.2, 0.25) is 0 Å². The highest BCUT2D eigenvalue weighted by Crippen LogP contribution is 2.33. The number of rotatable bonds is 16. The number of ether oxygens (including phenoxy) is 2. The Morgan fingerprint density at radius 2 is 1.60 bits per heavy atom. The third kappa shape index (κ3) is 8.49. The van der Waals surface area contributed by atoms with E-state index in [1.54, 1.807) is 22.1 Å². The molecule has 2 aromatic carbocycles. The Hall–Kier alpha value is -6.18. The first kappa shape index (κ1) is 40.5. The molecule has 6 aromatic rings. The first-order valence-corrected chi connectivity index (χ1v) is 19.6. The number of amides is 4. The van der Waals surface area contributed by atoms with Crippen LogP contribution in [0.5, 0.6) is 11.5 Å². The summed E-state index contributed by atoms with van der Waals surface area (Å²) in [7, 11) is 1.47. The molecule has 0 radical (unpaired) electrons. The van der Waals surface area contributed by atoms with E-state index < -0.39 is 23.6 Å². The van der Waals surface area contributed by atoms with E-state index in [2.05, 4.69) is 25.3 Å². The average molecular weight is 816 g/mol. The van der Waals surface area contributed by atoms with Gasteiger partial charge in [-0.2, -0.15) is 4.99 Å². The van der Waals surface area contributed by atoms with Crippen LogP contribution in [0.15, 0.2) is 45.8 Å². The zero-order chi connectivity index (χ0) is 41.0. The molecule has 6 rings (SSSR count). The highest BCUT2D eigenvalue weighted by atomic mass is 32.1. The van der Waals surface area contributed by atoms with Gasteiger partial charge in [-0.05, 0) is 44.0 Å². The maximum atomic E-state index is 13.6. The maximum absolute atomic E-state index is 13.6. The minimum absolute atomic E-state index is 0.0425. The number of anilines is 1. The van der Waals surface area contributed by atoms with Crippen LogP contribution >= 0.6 is 22.7 Å². The number of allylic oxidation sites excluding steroid dienone is 2. The van der Waals surface area contributed by atoms with Crippen LogP contribution in [-0.2, 0) is 25.9 Å². The molecule has 6 N–H and O–H groups in total. The summed E-state index contributed by atoms with van der Waals surface area (Å²) in [5.41, 5.74) is 14.1. The molecule has 0 aliphatic heterocycles. The van der Waals surface area contributed by atoms with Gasteiger partial charge in [-0.15, -0.1) is 11.3 Å². The maximum Gasteiger partial charge on any atom is 0.295 e. The van der Waals surface area contributed by atoms with E-state index in [1.165, 1.54) is 48.0 Å². The highest BCUT2D eigenvalue weighted by molar-refractivity contribution is 7.16. The lowest BCUT2D eigenvalue weighted by Gasteiger charge is -2.12. The lowest BCUT2D eigenvalue weighted by atomic mass is 10.1. The number of aliphatic hydroxyl groups excluding tert-OH is 1. The fourth-order valence-corrected chi connectivity index (χ4v) is 8.13. The molecule has 4 heterocycles. The van der Waals surface area contributed by atoms with Crippen molar-refractivity contribution in [1.29, 1.82) is 0 Å². The largest absolute Gasteiger partial charge is 0.494 e. The molecule has 0 atom stereocenters. The molecule has 0 unspecified atom stereocenters. The van der Waals surface area contributed by atoms with Gasteiger partial charge in [0.05, 0.1) is 40.3 Å². The zero-order valence-corrected chi connectivity index (χ0v) is 33.5. The van der Waals surface area contributed by atoms with Crippen molar-refractivity contribution in [2.75, 3.05) is 25.6 Å². The first-order valence-electron chi connectivity index (χ1n) is 17.9. The minimum Gasteiger partial charge on any atom is -0.494 e. The fraction of sp³-hybridized carbons (Fsp3) is 0.316. The number of oxazole rings is 1. The summed E-state index contributed by atoms with van der Waals surface area (Å²) in [5, 5.41) is 13.0. The Morgan fingerprint density at radius 1 is 0.912 bits per heavy atom. The van der Waals surface area contributed by atoms with Gasteiger partial charge in [0.25, 0.3) is 11.8 Å². The van der Waals surface area contributed by atoms with E-state index in [4.69, 9.17) is 25.4 Å². The number of carbonyl (C=O) groups is 4. The van der Waals surface area contributed by atoms with Crippen LogP contribution in [0.3, 0.4) is 0 Å². The summed E-state index contributed by atoms with van der Waals surface area (Å²) in [4.78, 5) is 70.5. The quantitative estimate of drug-likeness (QED) is 0.0785. The Labute approximate surface area is 333 Å². The predicted molar refractivity (Wildman–Crippen MR) is 214 cm³/mol. The van der Waals surface area contributed by atoms with E-state index >= 15 is 0 Å². The van der Waals surface area contributed by atoms with Crippen LogP contribution in [0, 0.1) is 13.8 Å². The number of aryl methyl sites for hydroxylation is 4. The monoisotopic (exact) mass is 815 g/mol. The SMILES string of the molecule is CCc1nc(C)oc1C(=O)Nc1nc2cc(C(N)=O)cc(OCCCO)c2n1C/C=C/Cn1/c(=N/C(=O)c2sc(C)nc2CC)sc2cc(C(N)=O)cc(OC)c21. The van der Waals surface area contributed by atoms with E-state index in [-0.39, 0.29) is 54.9 Å². The van der Waals surface area contributed by atoms with Crippen molar-refractivity contribution in [3.05, 3.63) is 85.3 Å². The van der Waals surface area contributed by atoms with E-state index in [1.807, 2.05) is 32.9 Å². The van der Waals surface area contributed by atoms with Gasteiger partial charge in [0.15, 0.2) is 10.7 Å². The molecule has 17 nitrogen and oxygen atoms in total. The molecule has 0 bridgehead atoms. The van der Waals surface area contributed by atoms with Gasteiger partial charge in [0.2, 0.25) is 23.5 Å². The second-order valence-electron chi connectivity index (χ2n) is 12.6. The van der Waals surface area contributed by atoms with Crippen LogP contribution in [-0.4, -0.2) is 73.1 Å². The molecule has 0 spiro atoms. The van der Waals surface area contributed by atoms with Crippen LogP contribution in [0.25, 0.3) is 21.3 Å². The van der Waals surface area contributed by atoms with Gasteiger partial charge in [0.1, 0.15) is 27.4 Å². The van der Waals surface area contributed by atoms with Crippen LogP contribution < -0.4 is 31.1 Å². The van der Waals surface area contributed by atoms with Crippen LogP contribution in [0.4, 0.5) is 5.95 Å². The Bertz CT molecular complexity index is 2630. The van der Waals surface area contributed by atoms with Gasteiger partial charge >= 0.3 is 0 Å². The molecular weight excluding hydrogens is 775 g/mol. The molecule has 4 amide bonds. The van der Waals surface area contributed by atoms with Gasteiger partial charge in [-0.25, -0.2) is 15.0 Å². The molecule has 0 saturated heterocycles. The molecule has 57 heavy (non-hydrogen) atoms. The summed E-state index contributed by atoms with van der Waals surface area (Å²) in [6.07, 6.45) is 4.99. The summed E-state index contributed by atoms with van der Waals surface area (Å²) in [5.74, 6) is -1.25. The number of carbonyl (C=O) groups excluding carboxylic acids is 4. The third-order valence-corrected chi connectivity index (χ3v) is 10.8. The molecule has 19 heteroatoms. The Kier molecular flexibility index (Phi) is 12.3. The lowest BCUT2D eigenvalue weighted by molar-refractivity contribution is 0.0987. The minimum atomic E-state index is -0.705. The van der Waals surface area contributed by atoms with Crippen molar-refractivity contribution in [2.45, 2.75) is 60.0 Å². The van der Waals surface area contributed by atoms with Gasteiger partial charge in [-0.3, -0.25) is 24.5 Å². The van der Waals surface area contributed by atoms with Crippen molar-refractivity contribution in [3.8, 4) is 11.5 Å². The molecule has 0 aliphatic carbocycles. The summed E-state index contributed by atoms with van der Waals surface area (Å²) < 4.78 is 21.5. The summed E-state index contributed by atoms with van der Waals surface area (Å²) >= 11 is 2.48.